The van der Waals surface area contributed by atoms with Gasteiger partial charge in [-0.1, -0.05) is 54.2 Å². The topological polar surface area (TPSA) is 84.0 Å². The summed E-state index contributed by atoms with van der Waals surface area (Å²) in [7, 11) is 0. The van der Waals surface area contributed by atoms with Gasteiger partial charge in [-0.3, -0.25) is 9.59 Å². The monoisotopic (exact) mass is 420 g/mol. The third-order valence-electron chi connectivity index (χ3n) is 4.04. The van der Waals surface area contributed by atoms with Crippen LogP contribution in [0.3, 0.4) is 0 Å². The third-order valence-corrected chi connectivity index (χ3v) is 5.83. The maximum atomic E-state index is 12.3. The second-order valence-electron chi connectivity index (χ2n) is 6.05. The number of aromatic nitrogens is 2. The first-order valence-corrected chi connectivity index (χ1v) is 10.6. The lowest BCUT2D eigenvalue weighted by Crippen LogP contribution is -2.14. The molecule has 0 aliphatic rings. The van der Waals surface area contributed by atoms with E-state index in [1.807, 2.05) is 53.9 Å². The molecule has 6 nitrogen and oxygen atoms in total. The van der Waals surface area contributed by atoms with E-state index in [-0.39, 0.29) is 17.6 Å². The smallest absolute Gasteiger partial charge is 0.266 e. The molecule has 0 fully saturated rings. The van der Waals surface area contributed by atoms with Gasteiger partial charge in [0.1, 0.15) is 5.03 Å². The number of fused-ring (bicyclic) bond motifs is 1. The van der Waals surface area contributed by atoms with E-state index in [9.17, 15) is 9.59 Å². The van der Waals surface area contributed by atoms with Gasteiger partial charge in [0.2, 0.25) is 5.91 Å². The SMILES string of the molecule is O=C(CSc1ccc(NC(=O)c2cccs2)nn1)Nc1cccc2ccccc12. The third kappa shape index (κ3) is 4.79. The van der Waals surface area contributed by atoms with Crippen LogP contribution < -0.4 is 10.6 Å². The highest BCUT2D eigenvalue weighted by molar-refractivity contribution is 7.99. The van der Waals surface area contributed by atoms with Crippen molar-refractivity contribution < 1.29 is 9.59 Å². The number of thioether (sulfide) groups is 1. The van der Waals surface area contributed by atoms with Gasteiger partial charge in [0.15, 0.2) is 5.82 Å². The zero-order valence-electron chi connectivity index (χ0n) is 15.2. The van der Waals surface area contributed by atoms with Gasteiger partial charge in [0, 0.05) is 11.1 Å². The van der Waals surface area contributed by atoms with Crippen molar-refractivity contribution in [3.63, 3.8) is 0 Å². The predicted octanol–water partition coefficient (Wildman–Crippen LogP) is 4.67. The summed E-state index contributed by atoms with van der Waals surface area (Å²) < 4.78 is 0. The Morgan fingerprint density at radius 1 is 0.897 bits per heavy atom. The van der Waals surface area contributed by atoms with E-state index in [0.717, 1.165) is 16.5 Å². The first-order chi connectivity index (χ1) is 14.2. The summed E-state index contributed by atoms with van der Waals surface area (Å²) in [5.74, 6) is 0.235. The number of carbonyl (C=O) groups excluding carboxylic acids is 2. The summed E-state index contributed by atoms with van der Waals surface area (Å²) in [5, 5.41) is 18.2. The highest BCUT2D eigenvalue weighted by atomic mass is 32.2. The Morgan fingerprint density at radius 2 is 1.76 bits per heavy atom. The molecule has 29 heavy (non-hydrogen) atoms. The Labute approximate surface area is 175 Å². The molecule has 2 heterocycles. The molecule has 2 amide bonds. The number of hydrogen-bond donors (Lipinski definition) is 2. The molecular weight excluding hydrogens is 404 g/mol. The Balaban J connectivity index is 1.33. The van der Waals surface area contributed by atoms with Crippen molar-refractivity contribution in [3.8, 4) is 0 Å². The minimum Gasteiger partial charge on any atom is -0.325 e. The largest absolute Gasteiger partial charge is 0.325 e. The lowest BCUT2D eigenvalue weighted by Gasteiger charge is -2.08. The second kappa shape index (κ2) is 8.85. The molecular formula is C21H16N4O2S2. The van der Waals surface area contributed by atoms with Gasteiger partial charge in [-0.15, -0.1) is 21.5 Å². The van der Waals surface area contributed by atoms with Crippen molar-refractivity contribution in [2.24, 2.45) is 0 Å². The first-order valence-electron chi connectivity index (χ1n) is 8.78. The van der Waals surface area contributed by atoms with Crippen LogP contribution >= 0.6 is 23.1 Å². The second-order valence-corrected chi connectivity index (χ2v) is 8.00. The number of anilines is 2. The number of benzene rings is 2. The molecule has 0 atom stereocenters. The van der Waals surface area contributed by atoms with E-state index in [4.69, 9.17) is 0 Å². The van der Waals surface area contributed by atoms with E-state index < -0.39 is 0 Å². The lowest BCUT2D eigenvalue weighted by molar-refractivity contribution is -0.113. The van der Waals surface area contributed by atoms with Crippen LogP contribution in [0.2, 0.25) is 0 Å². The summed E-state index contributed by atoms with van der Waals surface area (Å²) in [4.78, 5) is 25.0. The van der Waals surface area contributed by atoms with Crippen LogP contribution in [0.4, 0.5) is 11.5 Å². The van der Waals surface area contributed by atoms with Crippen LogP contribution in [-0.2, 0) is 4.79 Å². The number of nitrogens with one attached hydrogen (secondary N) is 2. The molecule has 0 bridgehead atoms. The Kier molecular flexibility index (Phi) is 5.83. The fraction of sp³-hybridized carbons (Fsp3) is 0.0476. The molecule has 2 N–H and O–H groups in total. The first kappa shape index (κ1) is 19.1. The molecule has 4 aromatic rings. The normalized spacial score (nSPS) is 10.6. The number of thiophene rings is 1. The highest BCUT2D eigenvalue weighted by Gasteiger charge is 2.10. The Hall–Kier alpha value is -3.23. The predicted molar refractivity (Wildman–Crippen MR) is 118 cm³/mol. The molecule has 0 saturated carbocycles. The van der Waals surface area contributed by atoms with Crippen molar-refractivity contribution >= 4 is 57.2 Å². The summed E-state index contributed by atoms with van der Waals surface area (Å²) in [5.41, 5.74) is 0.784. The van der Waals surface area contributed by atoms with Crippen molar-refractivity contribution in [1.82, 2.24) is 10.2 Å². The van der Waals surface area contributed by atoms with Crippen molar-refractivity contribution in [3.05, 3.63) is 77.0 Å². The zero-order chi connectivity index (χ0) is 20.1. The molecule has 8 heteroatoms. The maximum Gasteiger partial charge on any atom is 0.266 e. The molecule has 4 rings (SSSR count). The van der Waals surface area contributed by atoms with Gasteiger partial charge >= 0.3 is 0 Å². The Morgan fingerprint density at radius 3 is 2.55 bits per heavy atom. The lowest BCUT2D eigenvalue weighted by atomic mass is 10.1. The van der Waals surface area contributed by atoms with E-state index in [0.29, 0.717) is 15.7 Å². The molecule has 2 aromatic heterocycles. The van der Waals surface area contributed by atoms with Gasteiger partial charge in [-0.25, -0.2) is 0 Å². The average molecular weight is 421 g/mol. The number of amides is 2. The number of hydrogen-bond acceptors (Lipinski definition) is 6. The fourth-order valence-electron chi connectivity index (χ4n) is 2.71. The van der Waals surface area contributed by atoms with Crippen LogP contribution in [0.15, 0.2) is 77.1 Å². The summed E-state index contributed by atoms with van der Waals surface area (Å²) in [6.07, 6.45) is 0. The van der Waals surface area contributed by atoms with Crippen LogP contribution in [0, 0.1) is 0 Å². The number of rotatable bonds is 6. The van der Waals surface area contributed by atoms with Gasteiger partial charge in [-0.2, -0.15) is 0 Å². The van der Waals surface area contributed by atoms with Gasteiger partial charge in [0.05, 0.1) is 10.6 Å². The highest BCUT2D eigenvalue weighted by Crippen LogP contribution is 2.23. The molecule has 0 aliphatic heterocycles. The Bertz CT molecular complexity index is 1140. The minimum absolute atomic E-state index is 0.122. The number of nitrogens with zero attached hydrogens (tertiary/aromatic N) is 2. The van der Waals surface area contributed by atoms with Crippen LogP contribution in [0.1, 0.15) is 9.67 Å². The molecule has 2 aromatic carbocycles. The van der Waals surface area contributed by atoms with Gasteiger partial charge in [-0.05, 0) is 35.0 Å². The van der Waals surface area contributed by atoms with E-state index in [1.165, 1.54) is 23.1 Å². The molecule has 0 aliphatic carbocycles. The summed E-state index contributed by atoms with van der Waals surface area (Å²) >= 11 is 2.64. The van der Waals surface area contributed by atoms with E-state index in [1.54, 1.807) is 18.2 Å². The fourth-order valence-corrected chi connectivity index (χ4v) is 3.94. The quantitative estimate of drug-likeness (QED) is 0.443. The minimum atomic E-state index is -0.218. The molecule has 0 radical (unpaired) electrons. The molecule has 0 saturated heterocycles. The molecule has 144 valence electrons. The van der Waals surface area contributed by atoms with Gasteiger partial charge < -0.3 is 10.6 Å². The van der Waals surface area contributed by atoms with E-state index in [2.05, 4.69) is 20.8 Å². The zero-order valence-corrected chi connectivity index (χ0v) is 16.8. The van der Waals surface area contributed by atoms with Crippen LogP contribution in [0.5, 0.6) is 0 Å². The average Bonchev–Trinajstić information content (AvgIpc) is 3.29. The van der Waals surface area contributed by atoms with Gasteiger partial charge in [0.25, 0.3) is 5.91 Å². The summed E-state index contributed by atoms with van der Waals surface area (Å²) in [6, 6.07) is 20.7. The summed E-state index contributed by atoms with van der Waals surface area (Å²) in [6.45, 7) is 0. The van der Waals surface area contributed by atoms with Crippen molar-refractivity contribution in [2.45, 2.75) is 5.03 Å². The van der Waals surface area contributed by atoms with Crippen LogP contribution in [-0.4, -0.2) is 27.8 Å². The molecule has 0 spiro atoms. The van der Waals surface area contributed by atoms with E-state index >= 15 is 0 Å². The number of carbonyl (C=O) groups is 2. The maximum absolute atomic E-state index is 12.3. The van der Waals surface area contributed by atoms with Crippen molar-refractivity contribution in [1.29, 1.82) is 0 Å². The van der Waals surface area contributed by atoms with Crippen LogP contribution in [0.25, 0.3) is 10.8 Å². The molecule has 0 unspecified atom stereocenters. The standard InChI is InChI=1S/C21H16N4O2S2/c26-19(22-16-8-3-6-14-5-1-2-7-15(14)16)13-29-20-11-10-18(24-25-20)23-21(27)17-9-4-12-28-17/h1-12H,13H2,(H,22,26)(H,23,24,27). The van der Waals surface area contributed by atoms with Crippen molar-refractivity contribution in [2.75, 3.05) is 16.4 Å².